The van der Waals surface area contributed by atoms with E-state index < -0.39 is 5.41 Å². The summed E-state index contributed by atoms with van der Waals surface area (Å²) in [5, 5.41) is 2.59. The molecular weight excluding hydrogens is 274 g/mol. The van der Waals surface area contributed by atoms with E-state index in [-0.39, 0.29) is 29.6 Å². The highest BCUT2D eigenvalue weighted by atomic mass is 16.2. The second-order valence-corrected chi connectivity index (χ2v) is 6.75. The van der Waals surface area contributed by atoms with Crippen LogP contribution in [0.15, 0.2) is 48.5 Å². The predicted molar refractivity (Wildman–Crippen MR) is 81.3 cm³/mol. The number of imide groups is 1. The molecule has 4 aliphatic rings. The Balaban J connectivity index is 1.92. The zero-order valence-electron chi connectivity index (χ0n) is 12.2. The van der Waals surface area contributed by atoms with Crippen LogP contribution in [0.2, 0.25) is 0 Å². The van der Waals surface area contributed by atoms with E-state index in [2.05, 4.69) is 29.6 Å². The lowest BCUT2D eigenvalue weighted by molar-refractivity contribution is -0.129. The van der Waals surface area contributed by atoms with Crippen molar-refractivity contribution in [2.75, 3.05) is 0 Å². The molecule has 2 atom stereocenters. The fraction of sp³-hybridized carbons (Fsp3) is 0.263. The quantitative estimate of drug-likeness (QED) is 0.758. The van der Waals surface area contributed by atoms with Gasteiger partial charge in [0.15, 0.2) is 0 Å². The van der Waals surface area contributed by atoms with Crippen LogP contribution in [-0.4, -0.2) is 11.8 Å². The molecule has 0 spiro atoms. The van der Waals surface area contributed by atoms with Crippen LogP contribution < -0.4 is 5.32 Å². The summed E-state index contributed by atoms with van der Waals surface area (Å²) in [7, 11) is 0. The highest BCUT2D eigenvalue weighted by molar-refractivity contribution is 6.09. The van der Waals surface area contributed by atoms with E-state index in [1.807, 2.05) is 31.2 Å². The van der Waals surface area contributed by atoms with Crippen molar-refractivity contribution in [3.8, 4) is 0 Å². The van der Waals surface area contributed by atoms with Gasteiger partial charge in [-0.15, -0.1) is 0 Å². The molecule has 3 aliphatic carbocycles. The zero-order valence-corrected chi connectivity index (χ0v) is 12.2. The number of amides is 2. The van der Waals surface area contributed by atoms with E-state index in [0.29, 0.717) is 0 Å². The molecule has 22 heavy (non-hydrogen) atoms. The van der Waals surface area contributed by atoms with E-state index in [9.17, 15) is 9.59 Å². The van der Waals surface area contributed by atoms with Crippen LogP contribution in [0.3, 0.4) is 0 Å². The highest BCUT2D eigenvalue weighted by Crippen LogP contribution is 2.65. The minimum atomic E-state index is -0.676. The number of nitrogens with one attached hydrogen (secondary N) is 1. The van der Waals surface area contributed by atoms with E-state index in [1.54, 1.807) is 0 Å². The first-order valence-electron chi connectivity index (χ1n) is 7.67. The first-order chi connectivity index (χ1) is 10.6. The Morgan fingerprint density at radius 1 is 0.864 bits per heavy atom. The molecule has 2 aromatic rings. The Labute approximate surface area is 128 Å². The Morgan fingerprint density at radius 2 is 1.36 bits per heavy atom. The number of benzene rings is 2. The van der Waals surface area contributed by atoms with Gasteiger partial charge in [0.2, 0.25) is 11.8 Å². The molecule has 3 nitrogen and oxygen atoms in total. The normalized spacial score (nSPS) is 34.0. The lowest BCUT2D eigenvalue weighted by atomic mass is 9.48. The zero-order chi connectivity index (χ0) is 15.1. The number of hydrogen-bond donors (Lipinski definition) is 1. The van der Waals surface area contributed by atoms with Gasteiger partial charge in [-0.25, -0.2) is 0 Å². The van der Waals surface area contributed by atoms with E-state index in [0.717, 1.165) is 0 Å². The van der Waals surface area contributed by atoms with Gasteiger partial charge in [-0.05, 0) is 29.2 Å². The highest BCUT2D eigenvalue weighted by Gasteiger charge is 2.66. The molecule has 2 amide bonds. The van der Waals surface area contributed by atoms with Gasteiger partial charge >= 0.3 is 0 Å². The average Bonchev–Trinajstić information content (AvgIpc) is 2.77. The van der Waals surface area contributed by atoms with Crippen molar-refractivity contribution >= 4 is 11.8 Å². The Hall–Kier alpha value is -2.42. The Kier molecular flexibility index (Phi) is 2.03. The first-order valence-corrected chi connectivity index (χ1v) is 7.67. The summed E-state index contributed by atoms with van der Waals surface area (Å²) < 4.78 is 0. The van der Waals surface area contributed by atoms with Gasteiger partial charge in [0.25, 0.3) is 0 Å². The fourth-order valence-electron chi connectivity index (χ4n) is 5.00. The van der Waals surface area contributed by atoms with Gasteiger partial charge < -0.3 is 0 Å². The number of carbonyl (C=O) groups excluding carboxylic acids is 2. The van der Waals surface area contributed by atoms with Gasteiger partial charge in [0.1, 0.15) is 0 Å². The minimum Gasteiger partial charge on any atom is -0.296 e. The maximum Gasteiger partial charge on any atom is 0.234 e. The van der Waals surface area contributed by atoms with Crippen LogP contribution in [0.1, 0.15) is 41.0 Å². The summed E-state index contributed by atoms with van der Waals surface area (Å²) in [5.74, 6) is -0.599. The Morgan fingerprint density at radius 3 is 1.91 bits per heavy atom. The van der Waals surface area contributed by atoms with Gasteiger partial charge in [0.05, 0.1) is 11.3 Å². The lowest BCUT2D eigenvalue weighted by Crippen LogP contribution is -2.49. The van der Waals surface area contributed by atoms with Crippen molar-refractivity contribution < 1.29 is 9.59 Å². The molecular formula is C19H15NO2. The summed E-state index contributed by atoms with van der Waals surface area (Å²) in [6.07, 6.45) is 0. The molecule has 1 heterocycles. The summed E-state index contributed by atoms with van der Waals surface area (Å²) in [6.45, 7) is 1.96. The summed E-state index contributed by atoms with van der Waals surface area (Å²) in [4.78, 5) is 25.1. The molecule has 1 fully saturated rings. The van der Waals surface area contributed by atoms with Crippen molar-refractivity contribution in [1.82, 2.24) is 5.32 Å². The molecule has 6 rings (SSSR count). The van der Waals surface area contributed by atoms with Crippen molar-refractivity contribution in [2.45, 2.75) is 18.8 Å². The summed E-state index contributed by atoms with van der Waals surface area (Å²) >= 11 is 0. The van der Waals surface area contributed by atoms with Gasteiger partial charge in [-0.1, -0.05) is 48.5 Å². The molecule has 0 saturated carbocycles. The van der Waals surface area contributed by atoms with E-state index in [4.69, 9.17) is 0 Å². The Bertz CT molecular complexity index is 809. The molecule has 1 N–H and O–H groups in total. The minimum absolute atomic E-state index is 0.0196. The molecule has 0 aromatic heterocycles. The third-order valence-electron chi connectivity index (χ3n) is 5.87. The third-order valence-corrected chi connectivity index (χ3v) is 5.87. The van der Waals surface area contributed by atoms with E-state index in [1.165, 1.54) is 22.3 Å². The topological polar surface area (TPSA) is 46.2 Å². The maximum absolute atomic E-state index is 12.6. The second kappa shape index (κ2) is 3.67. The molecule has 2 aromatic carbocycles. The smallest absolute Gasteiger partial charge is 0.234 e. The average molecular weight is 289 g/mol. The molecule has 0 unspecified atom stereocenters. The predicted octanol–water partition coefficient (Wildman–Crippen LogP) is 2.56. The van der Waals surface area contributed by atoms with Crippen molar-refractivity contribution in [3.05, 3.63) is 70.8 Å². The second-order valence-electron chi connectivity index (χ2n) is 6.75. The molecule has 1 saturated heterocycles. The van der Waals surface area contributed by atoms with Crippen LogP contribution in [0.5, 0.6) is 0 Å². The molecule has 0 radical (unpaired) electrons. The molecule has 2 bridgehead atoms. The number of hydrogen-bond acceptors (Lipinski definition) is 2. The standard InChI is InChI=1S/C19H15NO2/c1-19-15-12-8-4-2-6-10(12)14(11-7-3-5-9-13(11)15)16(19)17(21)20-18(19)22/h2-9,14-16H,1H3,(H,20,21,22)/t14?,15?,16-,19-/m1/s1. The molecule has 1 aliphatic heterocycles. The van der Waals surface area contributed by atoms with Crippen LogP contribution >= 0.6 is 0 Å². The maximum atomic E-state index is 12.6. The van der Waals surface area contributed by atoms with Crippen molar-refractivity contribution in [2.24, 2.45) is 11.3 Å². The van der Waals surface area contributed by atoms with Gasteiger partial charge in [-0.3, -0.25) is 14.9 Å². The monoisotopic (exact) mass is 289 g/mol. The van der Waals surface area contributed by atoms with Gasteiger partial charge in [-0.2, -0.15) is 0 Å². The fourth-order valence-corrected chi connectivity index (χ4v) is 5.00. The van der Waals surface area contributed by atoms with Crippen LogP contribution in [0.25, 0.3) is 0 Å². The van der Waals surface area contributed by atoms with Crippen LogP contribution in [-0.2, 0) is 9.59 Å². The van der Waals surface area contributed by atoms with Gasteiger partial charge in [0, 0.05) is 11.8 Å². The van der Waals surface area contributed by atoms with Crippen molar-refractivity contribution in [3.63, 3.8) is 0 Å². The molecule has 3 heteroatoms. The largest absolute Gasteiger partial charge is 0.296 e. The summed E-state index contributed by atoms with van der Waals surface area (Å²) in [5.41, 5.74) is 4.14. The first kappa shape index (κ1) is 12.2. The summed E-state index contributed by atoms with van der Waals surface area (Å²) in [6, 6.07) is 16.5. The molecule has 108 valence electrons. The van der Waals surface area contributed by atoms with Crippen LogP contribution in [0, 0.1) is 11.3 Å². The SMILES string of the molecule is C[C@]12C(=O)NC(=O)[C@H]1C1c3ccccc3C2c2ccccc21. The lowest BCUT2D eigenvalue weighted by Gasteiger charge is -2.51. The number of rotatable bonds is 0. The van der Waals surface area contributed by atoms with Crippen LogP contribution in [0.4, 0.5) is 0 Å². The van der Waals surface area contributed by atoms with E-state index >= 15 is 0 Å². The van der Waals surface area contributed by atoms with Crippen molar-refractivity contribution in [1.29, 1.82) is 0 Å². The third kappa shape index (κ3) is 1.12. The number of carbonyl (C=O) groups is 2.